The van der Waals surface area contributed by atoms with Gasteiger partial charge in [0.15, 0.2) is 0 Å². The van der Waals surface area contributed by atoms with Crippen molar-refractivity contribution in [1.29, 1.82) is 0 Å². The van der Waals surface area contributed by atoms with Gasteiger partial charge in [-0.3, -0.25) is 14.8 Å². The van der Waals surface area contributed by atoms with E-state index in [1.807, 2.05) is 4.90 Å². The number of fused-ring (bicyclic) bond motifs is 1. The van der Waals surface area contributed by atoms with Crippen molar-refractivity contribution in [3.05, 3.63) is 28.4 Å². The van der Waals surface area contributed by atoms with Crippen molar-refractivity contribution in [2.75, 3.05) is 13.1 Å². The maximum Gasteiger partial charge on any atom is 0.274 e. The first-order valence-corrected chi connectivity index (χ1v) is 5.64. The minimum atomic E-state index is -0.736. The van der Waals surface area contributed by atoms with Crippen molar-refractivity contribution < 1.29 is 10.2 Å². The molecule has 2 aromatic heterocycles. The Balaban J connectivity index is 1.85. The Morgan fingerprint density at radius 3 is 2.83 bits per heavy atom. The first kappa shape index (κ1) is 11.3. The second kappa shape index (κ2) is 4.16. The smallest absolute Gasteiger partial charge is 0.274 e. The molecule has 1 saturated heterocycles. The molecule has 1 aliphatic heterocycles. The summed E-state index contributed by atoms with van der Waals surface area (Å²) < 4.78 is 1.25. The third kappa shape index (κ3) is 1.90. The molecule has 2 aromatic rings. The van der Waals surface area contributed by atoms with Crippen LogP contribution in [0.4, 0.5) is 0 Å². The number of likely N-dealkylation sites (tertiary alicyclic amines) is 1. The second-order valence-corrected chi connectivity index (χ2v) is 4.44. The Hall–Kier alpha value is -1.77. The average Bonchev–Trinajstić information content (AvgIpc) is 2.87. The molecule has 96 valence electrons. The fourth-order valence-corrected chi connectivity index (χ4v) is 2.15. The van der Waals surface area contributed by atoms with Gasteiger partial charge in [0, 0.05) is 25.7 Å². The molecule has 2 unspecified atom stereocenters. The van der Waals surface area contributed by atoms with Crippen molar-refractivity contribution in [3.63, 3.8) is 0 Å². The number of aromatic amines is 1. The van der Waals surface area contributed by atoms with Crippen molar-refractivity contribution in [3.8, 4) is 0 Å². The zero-order valence-electron chi connectivity index (χ0n) is 9.52. The molecular weight excluding hydrogens is 238 g/mol. The van der Waals surface area contributed by atoms with Crippen molar-refractivity contribution in [1.82, 2.24) is 24.5 Å². The van der Waals surface area contributed by atoms with Gasteiger partial charge in [0.1, 0.15) is 6.33 Å². The monoisotopic (exact) mass is 251 g/mol. The quantitative estimate of drug-likeness (QED) is 0.567. The Morgan fingerprint density at radius 1 is 1.39 bits per heavy atom. The van der Waals surface area contributed by atoms with Crippen LogP contribution in [0.5, 0.6) is 0 Å². The van der Waals surface area contributed by atoms with Crippen LogP contribution in [-0.2, 0) is 6.54 Å². The molecule has 8 heteroatoms. The molecule has 3 N–H and O–H groups in total. The normalized spacial score (nSPS) is 25.0. The van der Waals surface area contributed by atoms with Crippen LogP contribution in [-0.4, -0.2) is 60.0 Å². The van der Waals surface area contributed by atoms with Crippen molar-refractivity contribution >= 4 is 5.78 Å². The maximum atomic E-state index is 11.7. The number of hydrogen-bond acceptors (Lipinski definition) is 6. The Bertz CT molecular complexity index is 611. The lowest BCUT2D eigenvalue weighted by Crippen LogP contribution is -2.24. The molecule has 0 radical (unpaired) electrons. The number of aromatic nitrogens is 4. The van der Waals surface area contributed by atoms with E-state index in [9.17, 15) is 15.0 Å². The number of β-amino-alcohol motifs (C(OH)–C–C–N with tert-alkyl or cyclic N) is 2. The predicted octanol–water partition coefficient (Wildman–Crippen LogP) is -2.04. The topological polar surface area (TPSA) is 107 Å². The van der Waals surface area contributed by atoms with Crippen LogP contribution in [0.3, 0.4) is 0 Å². The molecule has 8 nitrogen and oxygen atoms in total. The van der Waals surface area contributed by atoms with Crippen LogP contribution in [0.25, 0.3) is 5.78 Å². The highest BCUT2D eigenvalue weighted by Gasteiger charge is 2.29. The van der Waals surface area contributed by atoms with E-state index in [0.717, 1.165) is 0 Å². The molecule has 0 aromatic carbocycles. The van der Waals surface area contributed by atoms with Crippen molar-refractivity contribution in [2.24, 2.45) is 0 Å². The fraction of sp³-hybridized carbons (Fsp3) is 0.500. The number of aliphatic hydroxyl groups is 2. The molecule has 0 aliphatic carbocycles. The Kier molecular flexibility index (Phi) is 2.62. The van der Waals surface area contributed by atoms with Crippen LogP contribution < -0.4 is 5.56 Å². The summed E-state index contributed by atoms with van der Waals surface area (Å²) in [6, 6.07) is 1.42. The second-order valence-electron chi connectivity index (χ2n) is 4.44. The number of nitrogens with zero attached hydrogens (tertiary/aromatic N) is 4. The summed E-state index contributed by atoms with van der Waals surface area (Å²) in [5.41, 5.74) is 0.348. The largest absolute Gasteiger partial charge is 0.389 e. The first-order chi connectivity index (χ1) is 8.63. The molecule has 0 saturated carbocycles. The molecule has 0 bridgehead atoms. The molecule has 0 spiro atoms. The molecule has 1 aliphatic rings. The summed E-state index contributed by atoms with van der Waals surface area (Å²) in [5.74, 6) is 0.317. The minimum Gasteiger partial charge on any atom is -0.389 e. The molecule has 18 heavy (non-hydrogen) atoms. The number of nitrogens with one attached hydrogen (secondary N) is 1. The highest BCUT2D eigenvalue weighted by Crippen LogP contribution is 2.12. The molecule has 1 fully saturated rings. The Labute approximate surface area is 102 Å². The summed E-state index contributed by atoms with van der Waals surface area (Å²) >= 11 is 0. The lowest BCUT2D eigenvalue weighted by molar-refractivity contribution is 0.0572. The van der Waals surface area contributed by atoms with Crippen LogP contribution in [0, 0.1) is 0 Å². The van der Waals surface area contributed by atoms with Crippen LogP contribution in [0.15, 0.2) is 17.2 Å². The summed E-state index contributed by atoms with van der Waals surface area (Å²) in [6.45, 7) is 1.16. The SMILES string of the molecule is O=c1cc(CN2CC(O)C(O)C2)nc2nc[nH]n12. The zero-order valence-corrected chi connectivity index (χ0v) is 9.52. The highest BCUT2D eigenvalue weighted by molar-refractivity contribution is 5.26. The molecule has 3 heterocycles. The molecular formula is C10H13N5O3. The van der Waals surface area contributed by atoms with E-state index in [4.69, 9.17) is 0 Å². The van der Waals surface area contributed by atoms with E-state index >= 15 is 0 Å². The van der Waals surface area contributed by atoms with E-state index in [-0.39, 0.29) is 5.56 Å². The maximum absolute atomic E-state index is 11.7. The molecule has 0 amide bonds. The molecule has 2 atom stereocenters. The fourth-order valence-electron chi connectivity index (χ4n) is 2.15. The summed E-state index contributed by atoms with van der Waals surface area (Å²) in [6.07, 6.45) is -0.0722. The summed E-state index contributed by atoms with van der Waals surface area (Å²) in [7, 11) is 0. The predicted molar refractivity (Wildman–Crippen MR) is 60.9 cm³/mol. The zero-order chi connectivity index (χ0) is 12.7. The molecule has 3 rings (SSSR count). The van der Waals surface area contributed by atoms with Gasteiger partial charge in [0.05, 0.1) is 17.9 Å². The third-order valence-corrected chi connectivity index (χ3v) is 3.04. The lowest BCUT2D eigenvalue weighted by atomic mass is 10.3. The van der Waals surface area contributed by atoms with Crippen molar-refractivity contribution in [2.45, 2.75) is 18.8 Å². The number of hydrogen-bond donors (Lipinski definition) is 3. The van der Waals surface area contributed by atoms with Crippen LogP contribution in [0.2, 0.25) is 0 Å². The number of aliphatic hydroxyl groups excluding tert-OH is 2. The van der Waals surface area contributed by atoms with Gasteiger partial charge in [-0.2, -0.15) is 4.52 Å². The van der Waals surface area contributed by atoms with E-state index in [1.165, 1.54) is 16.9 Å². The van der Waals surface area contributed by atoms with Gasteiger partial charge in [0.2, 0.25) is 0 Å². The third-order valence-electron chi connectivity index (χ3n) is 3.04. The van der Waals surface area contributed by atoms with E-state index < -0.39 is 12.2 Å². The van der Waals surface area contributed by atoms with Gasteiger partial charge >= 0.3 is 0 Å². The lowest BCUT2D eigenvalue weighted by Gasteiger charge is -2.13. The average molecular weight is 251 g/mol. The van der Waals surface area contributed by atoms with Gasteiger partial charge in [-0.15, -0.1) is 0 Å². The van der Waals surface area contributed by atoms with Crippen LogP contribution in [0.1, 0.15) is 5.69 Å². The summed E-state index contributed by atoms with van der Waals surface area (Å²) in [5, 5.41) is 21.5. The summed E-state index contributed by atoms with van der Waals surface area (Å²) in [4.78, 5) is 21.7. The standard InChI is InChI=1S/C10H13N5O3/c16-7-3-14(4-8(7)17)2-6-1-9(18)15-10(13-6)11-5-12-15/h1,5,7-8,16-17H,2-4H2,(H,11,12,13). The van der Waals surface area contributed by atoms with E-state index in [1.54, 1.807) is 0 Å². The Morgan fingerprint density at radius 2 is 2.11 bits per heavy atom. The van der Waals surface area contributed by atoms with E-state index in [2.05, 4.69) is 15.1 Å². The minimum absolute atomic E-state index is 0.229. The van der Waals surface area contributed by atoms with E-state index in [0.29, 0.717) is 31.1 Å². The number of rotatable bonds is 2. The van der Waals surface area contributed by atoms with Gasteiger partial charge in [-0.25, -0.2) is 9.97 Å². The highest BCUT2D eigenvalue weighted by atomic mass is 16.3. The van der Waals surface area contributed by atoms with Gasteiger partial charge in [0.25, 0.3) is 11.3 Å². The first-order valence-electron chi connectivity index (χ1n) is 5.64. The van der Waals surface area contributed by atoms with Gasteiger partial charge in [-0.05, 0) is 0 Å². The number of H-pyrrole nitrogens is 1. The van der Waals surface area contributed by atoms with Crippen LogP contribution >= 0.6 is 0 Å². The van der Waals surface area contributed by atoms with Gasteiger partial charge < -0.3 is 10.2 Å². The van der Waals surface area contributed by atoms with Gasteiger partial charge in [-0.1, -0.05) is 0 Å².